The van der Waals surface area contributed by atoms with Gasteiger partial charge in [-0.2, -0.15) is 0 Å². The van der Waals surface area contributed by atoms with Crippen LogP contribution < -0.4 is 11.5 Å². The maximum Gasteiger partial charge on any atom is 0.182 e. The molecule has 0 amide bonds. The van der Waals surface area contributed by atoms with Gasteiger partial charge in [0.15, 0.2) is 9.84 Å². The third-order valence-electron chi connectivity index (χ3n) is 4.75. The van der Waals surface area contributed by atoms with Gasteiger partial charge in [-0.15, -0.1) is 0 Å². The monoisotopic (exact) mass is 334 g/mol. The smallest absolute Gasteiger partial charge is 0.182 e. The largest absolute Gasteiger partial charge is 0.330 e. The first-order valence-corrected chi connectivity index (χ1v) is 8.96. The zero-order valence-corrected chi connectivity index (χ0v) is 13.3. The van der Waals surface area contributed by atoms with E-state index in [4.69, 9.17) is 11.5 Å². The Morgan fingerprint density at radius 3 is 2.22 bits per heavy atom. The Morgan fingerprint density at radius 1 is 1.00 bits per heavy atom. The van der Waals surface area contributed by atoms with Crippen LogP contribution in [0, 0.1) is 11.2 Å². The molecule has 2 aromatic rings. The zero-order valence-electron chi connectivity index (χ0n) is 12.5. The number of benzene rings is 2. The summed E-state index contributed by atoms with van der Waals surface area (Å²) in [6.45, 7) is 0.281. The molecule has 0 radical (unpaired) electrons. The van der Waals surface area contributed by atoms with Crippen molar-refractivity contribution in [3.05, 3.63) is 66.0 Å². The Hall–Kier alpha value is -1.76. The molecule has 2 atom stereocenters. The van der Waals surface area contributed by atoms with Crippen molar-refractivity contribution in [2.24, 2.45) is 16.9 Å². The van der Waals surface area contributed by atoms with Gasteiger partial charge in [0.2, 0.25) is 0 Å². The third-order valence-corrected chi connectivity index (χ3v) is 7.09. The lowest BCUT2D eigenvalue weighted by molar-refractivity contribution is 0.509. The lowest BCUT2D eigenvalue weighted by Gasteiger charge is -2.13. The van der Waals surface area contributed by atoms with Gasteiger partial charge >= 0.3 is 0 Å². The molecular weight excluding hydrogens is 315 g/mol. The Balaban J connectivity index is 2.07. The fraction of sp³-hybridized carbons (Fsp3) is 0.294. The van der Waals surface area contributed by atoms with Crippen molar-refractivity contribution in [3.8, 4) is 0 Å². The number of sulfone groups is 1. The number of hydrogen-bond acceptors (Lipinski definition) is 4. The summed E-state index contributed by atoms with van der Waals surface area (Å²) in [7, 11) is -3.59. The van der Waals surface area contributed by atoms with Crippen LogP contribution in [-0.2, 0) is 9.84 Å². The number of rotatable bonds is 5. The molecule has 0 heterocycles. The molecule has 2 unspecified atom stereocenters. The summed E-state index contributed by atoms with van der Waals surface area (Å²) in [4.78, 5) is 0.246. The molecule has 4 nitrogen and oxygen atoms in total. The molecule has 0 aliphatic heterocycles. The van der Waals surface area contributed by atoms with Crippen LogP contribution in [0.1, 0.15) is 11.5 Å². The van der Waals surface area contributed by atoms with E-state index in [1.807, 2.05) is 0 Å². The highest BCUT2D eigenvalue weighted by Gasteiger charge is 2.69. The lowest BCUT2D eigenvalue weighted by atomic mass is 9.99. The Morgan fingerprint density at radius 2 is 1.65 bits per heavy atom. The first kappa shape index (κ1) is 16.1. The van der Waals surface area contributed by atoms with E-state index in [0.29, 0.717) is 5.56 Å². The van der Waals surface area contributed by atoms with E-state index in [9.17, 15) is 12.8 Å². The van der Waals surface area contributed by atoms with Crippen LogP contribution in [0.15, 0.2) is 59.5 Å². The minimum atomic E-state index is -3.59. The number of halogens is 1. The second kappa shape index (κ2) is 5.70. The Bertz CT molecular complexity index is 804. The highest BCUT2D eigenvalue weighted by molar-refractivity contribution is 7.92. The van der Waals surface area contributed by atoms with Crippen LogP contribution in [0.4, 0.5) is 4.39 Å². The normalized spacial score (nSPS) is 22.7. The molecule has 0 spiro atoms. The molecule has 1 saturated carbocycles. The van der Waals surface area contributed by atoms with Gasteiger partial charge in [-0.05, 0) is 29.8 Å². The Labute approximate surface area is 135 Å². The van der Waals surface area contributed by atoms with E-state index in [1.54, 1.807) is 42.5 Å². The molecule has 2 aromatic carbocycles. The summed E-state index contributed by atoms with van der Waals surface area (Å²) in [5.41, 5.74) is 11.6. The van der Waals surface area contributed by atoms with Crippen molar-refractivity contribution in [2.75, 3.05) is 13.1 Å². The average molecular weight is 334 g/mol. The van der Waals surface area contributed by atoms with Crippen LogP contribution in [0.3, 0.4) is 0 Å². The van der Waals surface area contributed by atoms with Gasteiger partial charge in [0, 0.05) is 24.4 Å². The van der Waals surface area contributed by atoms with Gasteiger partial charge in [0.25, 0.3) is 0 Å². The predicted octanol–water partition coefficient (Wildman–Crippen LogP) is 1.67. The lowest BCUT2D eigenvalue weighted by Crippen LogP contribution is -2.31. The van der Waals surface area contributed by atoms with Crippen molar-refractivity contribution in [1.29, 1.82) is 0 Å². The molecule has 0 bridgehead atoms. The molecule has 1 aliphatic carbocycles. The topological polar surface area (TPSA) is 86.2 Å². The molecule has 1 aliphatic rings. The first-order chi connectivity index (χ1) is 11.0. The fourth-order valence-corrected chi connectivity index (χ4v) is 5.97. The summed E-state index contributed by atoms with van der Waals surface area (Å²) in [5.74, 6) is -0.786. The molecular formula is C17H19FN2O2S. The van der Waals surface area contributed by atoms with Crippen molar-refractivity contribution in [1.82, 2.24) is 0 Å². The van der Waals surface area contributed by atoms with Crippen molar-refractivity contribution >= 4 is 9.84 Å². The van der Waals surface area contributed by atoms with E-state index in [-0.39, 0.29) is 18.0 Å². The van der Waals surface area contributed by atoms with Crippen LogP contribution >= 0.6 is 0 Å². The molecule has 4 N–H and O–H groups in total. The van der Waals surface area contributed by atoms with Gasteiger partial charge in [0.05, 0.1) is 10.1 Å². The van der Waals surface area contributed by atoms with Gasteiger partial charge in [-0.25, -0.2) is 12.8 Å². The predicted molar refractivity (Wildman–Crippen MR) is 87.1 cm³/mol. The van der Waals surface area contributed by atoms with E-state index in [0.717, 1.165) is 0 Å². The van der Waals surface area contributed by atoms with Crippen LogP contribution in [0.25, 0.3) is 0 Å². The third kappa shape index (κ3) is 2.47. The molecule has 1 fully saturated rings. The van der Waals surface area contributed by atoms with Gasteiger partial charge in [0.1, 0.15) is 5.82 Å². The number of nitrogens with two attached hydrogens (primary N) is 2. The van der Waals surface area contributed by atoms with Crippen LogP contribution in [-0.4, -0.2) is 26.8 Å². The SMILES string of the molecule is NCC1(CN)C(c2cccc(F)c2)C1S(=O)(=O)c1ccccc1. The van der Waals surface area contributed by atoms with Crippen molar-refractivity contribution in [3.63, 3.8) is 0 Å². The second-order valence-corrected chi connectivity index (χ2v) is 8.02. The second-order valence-electron chi connectivity index (χ2n) is 5.95. The summed E-state index contributed by atoms with van der Waals surface area (Å²) in [5, 5.41) is -0.728. The maximum absolute atomic E-state index is 13.5. The molecule has 0 aromatic heterocycles. The molecule has 6 heteroatoms. The standard InChI is InChI=1S/C17H19FN2O2S/c18-13-6-4-5-12(9-13)15-16(17(15,10-19)11-20)23(21,22)14-7-2-1-3-8-14/h1-9,15-16H,10-11,19-20H2. The van der Waals surface area contributed by atoms with Gasteiger partial charge in [-0.3, -0.25) is 0 Å². The molecule has 122 valence electrons. The van der Waals surface area contributed by atoms with E-state index < -0.39 is 32.2 Å². The van der Waals surface area contributed by atoms with Crippen molar-refractivity contribution < 1.29 is 12.8 Å². The summed E-state index contributed by atoms with van der Waals surface area (Å²) in [6.07, 6.45) is 0. The zero-order chi connectivity index (χ0) is 16.7. The van der Waals surface area contributed by atoms with Crippen LogP contribution in [0.2, 0.25) is 0 Å². The maximum atomic E-state index is 13.5. The molecule has 0 saturated heterocycles. The van der Waals surface area contributed by atoms with E-state index in [2.05, 4.69) is 0 Å². The van der Waals surface area contributed by atoms with Gasteiger partial charge < -0.3 is 11.5 Å². The minimum Gasteiger partial charge on any atom is -0.330 e. The summed E-state index contributed by atoms with van der Waals surface area (Å²) < 4.78 is 39.5. The highest BCUT2D eigenvalue weighted by Crippen LogP contribution is 2.62. The summed E-state index contributed by atoms with van der Waals surface area (Å²) in [6, 6.07) is 14.3. The summed E-state index contributed by atoms with van der Waals surface area (Å²) >= 11 is 0. The average Bonchev–Trinajstić information content (AvgIpc) is 3.26. The van der Waals surface area contributed by atoms with Crippen LogP contribution in [0.5, 0.6) is 0 Å². The molecule has 23 heavy (non-hydrogen) atoms. The van der Waals surface area contributed by atoms with E-state index >= 15 is 0 Å². The fourth-order valence-electron chi connectivity index (χ4n) is 3.47. The van der Waals surface area contributed by atoms with E-state index in [1.165, 1.54) is 12.1 Å². The first-order valence-electron chi connectivity index (χ1n) is 7.42. The highest BCUT2D eigenvalue weighted by atomic mass is 32.2. The quantitative estimate of drug-likeness (QED) is 0.871. The molecule has 3 rings (SSSR count). The Kier molecular flexibility index (Phi) is 4.00. The van der Waals surface area contributed by atoms with Gasteiger partial charge in [-0.1, -0.05) is 30.3 Å². The minimum absolute atomic E-state index is 0.140. The van der Waals surface area contributed by atoms with Crippen molar-refractivity contribution in [2.45, 2.75) is 16.1 Å². The number of hydrogen-bond donors (Lipinski definition) is 2.